The average molecular weight is 190 g/mol. The van der Waals surface area contributed by atoms with Gasteiger partial charge in [0.25, 0.3) is 0 Å². The summed E-state index contributed by atoms with van der Waals surface area (Å²) in [6.45, 7) is 0. The minimum Gasteiger partial charge on any atom is -0.464 e. The van der Waals surface area contributed by atoms with Gasteiger partial charge < -0.3 is 14.5 Å². The molecule has 1 heterocycles. The topological polar surface area (TPSA) is 70.7 Å². The third-order valence-corrected chi connectivity index (χ3v) is 1.98. The van der Waals surface area contributed by atoms with Gasteiger partial charge >= 0.3 is 7.12 Å². The van der Waals surface area contributed by atoms with Crippen molar-refractivity contribution in [3.8, 4) is 0 Å². The number of hydrogen-bond donors (Lipinski definition) is 2. The summed E-state index contributed by atoms with van der Waals surface area (Å²) in [5.74, 6) is 0. The molecule has 2 N–H and O–H groups in total. The van der Waals surface area contributed by atoms with E-state index in [-0.39, 0.29) is 5.46 Å². The molecule has 1 aromatic carbocycles. The van der Waals surface area contributed by atoms with E-state index in [1.54, 1.807) is 24.3 Å². The fourth-order valence-electron chi connectivity index (χ4n) is 1.27. The van der Waals surface area contributed by atoms with E-state index >= 15 is 0 Å². The van der Waals surface area contributed by atoms with Gasteiger partial charge in [0.1, 0.15) is 5.58 Å². The SMILES string of the molecule is O=c1c(B(O)O)coc2ccccc12. The summed E-state index contributed by atoms with van der Waals surface area (Å²) in [5.41, 5.74) is -0.132. The van der Waals surface area contributed by atoms with Gasteiger partial charge in [-0.1, -0.05) is 12.1 Å². The standard InChI is InChI=1S/C9H7BO4/c11-9-6-3-1-2-4-8(6)14-5-7(9)10(12)13/h1-5,12-13H. The second-order valence-electron chi connectivity index (χ2n) is 2.89. The van der Waals surface area contributed by atoms with Crippen molar-refractivity contribution < 1.29 is 14.5 Å². The normalized spacial score (nSPS) is 10.4. The Kier molecular flexibility index (Phi) is 2.11. The van der Waals surface area contributed by atoms with E-state index in [0.717, 1.165) is 6.26 Å². The van der Waals surface area contributed by atoms with E-state index in [2.05, 4.69) is 0 Å². The molecule has 0 aliphatic carbocycles. The monoisotopic (exact) mass is 190 g/mol. The summed E-state index contributed by atoms with van der Waals surface area (Å²) in [6, 6.07) is 6.64. The zero-order valence-corrected chi connectivity index (χ0v) is 7.18. The van der Waals surface area contributed by atoms with Crippen LogP contribution in [0.2, 0.25) is 0 Å². The molecule has 0 saturated carbocycles. The molecule has 0 bridgehead atoms. The van der Waals surface area contributed by atoms with Crippen molar-refractivity contribution in [2.24, 2.45) is 0 Å². The molecular weight excluding hydrogens is 183 g/mol. The van der Waals surface area contributed by atoms with Crippen LogP contribution < -0.4 is 10.9 Å². The van der Waals surface area contributed by atoms with E-state index in [0.29, 0.717) is 11.0 Å². The molecule has 0 spiro atoms. The summed E-state index contributed by atoms with van der Waals surface area (Å²) in [4.78, 5) is 11.6. The predicted molar refractivity (Wildman–Crippen MR) is 52.3 cm³/mol. The lowest BCUT2D eigenvalue weighted by molar-refractivity contribution is 0.424. The van der Waals surface area contributed by atoms with Crippen LogP contribution >= 0.6 is 0 Å². The molecule has 1 aromatic heterocycles. The summed E-state index contributed by atoms with van der Waals surface area (Å²) in [5, 5.41) is 18.1. The highest BCUT2D eigenvalue weighted by atomic mass is 16.4. The van der Waals surface area contributed by atoms with Crippen molar-refractivity contribution in [1.82, 2.24) is 0 Å². The van der Waals surface area contributed by atoms with Crippen LogP contribution in [-0.4, -0.2) is 17.2 Å². The quantitative estimate of drug-likeness (QED) is 0.593. The molecular formula is C9H7BO4. The van der Waals surface area contributed by atoms with Crippen LogP contribution in [0.25, 0.3) is 11.0 Å². The van der Waals surface area contributed by atoms with Crippen LogP contribution in [0.5, 0.6) is 0 Å². The summed E-state index contributed by atoms with van der Waals surface area (Å²) >= 11 is 0. The van der Waals surface area contributed by atoms with E-state index in [9.17, 15) is 4.79 Å². The van der Waals surface area contributed by atoms with Crippen LogP contribution in [0, 0.1) is 0 Å². The number of benzene rings is 1. The van der Waals surface area contributed by atoms with Gasteiger partial charge in [0.15, 0.2) is 5.43 Å². The zero-order chi connectivity index (χ0) is 10.1. The lowest BCUT2D eigenvalue weighted by Crippen LogP contribution is -2.40. The van der Waals surface area contributed by atoms with Gasteiger partial charge in [-0.2, -0.15) is 0 Å². The number of para-hydroxylation sites is 1. The molecule has 0 amide bonds. The van der Waals surface area contributed by atoms with Crippen LogP contribution in [0.15, 0.2) is 39.7 Å². The molecule has 0 unspecified atom stereocenters. The molecule has 4 nitrogen and oxygen atoms in total. The maximum Gasteiger partial charge on any atom is 0.495 e. The van der Waals surface area contributed by atoms with E-state index in [1.165, 1.54) is 0 Å². The molecule has 0 radical (unpaired) electrons. The maximum absolute atomic E-state index is 11.6. The first kappa shape index (κ1) is 8.99. The highest BCUT2D eigenvalue weighted by Gasteiger charge is 2.17. The summed E-state index contributed by atoms with van der Waals surface area (Å²) in [6.07, 6.45) is 1.06. The predicted octanol–water partition coefficient (Wildman–Crippen LogP) is -0.527. The fourth-order valence-corrected chi connectivity index (χ4v) is 1.27. The molecule has 14 heavy (non-hydrogen) atoms. The first-order valence-electron chi connectivity index (χ1n) is 4.07. The number of fused-ring (bicyclic) bond motifs is 1. The van der Waals surface area contributed by atoms with E-state index < -0.39 is 12.5 Å². The molecule has 0 saturated heterocycles. The third kappa shape index (κ3) is 1.32. The Labute approximate surface area is 79.6 Å². The molecule has 0 fully saturated rings. The Hall–Kier alpha value is -1.59. The summed E-state index contributed by atoms with van der Waals surface area (Å²) < 4.78 is 5.06. The van der Waals surface area contributed by atoms with Crippen molar-refractivity contribution in [3.05, 3.63) is 40.8 Å². The first-order chi connectivity index (χ1) is 6.70. The first-order valence-corrected chi connectivity index (χ1v) is 4.07. The minimum absolute atomic E-state index is 0.149. The van der Waals surface area contributed by atoms with Crippen LogP contribution in [0.3, 0.4) is 0 Å². The van der Waals surface area contributed by atoms with E-state index in [1.807, 2.05) is 0 Å². The van der Waals surface area contributed by atoms with Crippen molar-refractivity contribution in [1.29, 1.82) is 0 Å². The Morgan fingerprint density at radius 1 is 1.21 bits per heavy atom. The second kappa shape index (κ2) is 3.28. The lowest BCUT2D eigenvalue weighted by Gasteiger charge is -1.99. The molecule has 2 rings (SSSR count). The molecule has 5 heteroatoms. The van der Waals surface area contributed by atoms with Gasteiger partial charge in [0.2, 0.25) is 0 Å². The molecule has 70 valence electrons. The zero-order valence-electron chi connectivity index (χ0n) is 7.18. The van der Waals surface area contributed by atoms with Gasteiger partial charge in [0.05, 0.1) is 17.1 Å². The van der Waals surface area contributed by atoms with Crippen LogP contribution in [-0.2, 0) is 0 Å². The van der Waals surface area contributed by atoms with Crippen molar-refractivity contribution in [3.63, 3.8) is 0 Å². The summed E-state index contributed by atoms with van der Waals surface area (Å²) in [7, 11) is -1.80. The van der Waals surface area contributed by atoms with Gasteiger partial charge in [-0.05, 0) is 12.1 Å². The highest BCUT2D eigenvalue weighted by Crippen LogP contribution is 2.06. The van der Waals surface area contributed by atoms with Crippen molar-refractivity contribution in [2.45, 2.75) is 0 Å². The molecule has 0 aliphatic heterocycles. The Morgan fingerprint density at radius 2 is 1.93 bits per heavy atom. The van der Waals surface area contributed by atoms with Gasteiger partial charge in [0, 0.05) is 0 Å². The third-order valence-electron chi connectivity index (χ3n) is 1.98. The maximum atomic E-state index is 11.6. The van der Waals surface area contributed by atoms with Crippen LogP contribution in [0.1, 0.15) is 0 Å². The van der Waals surface area contributed by atoms with Gasteiger partial charge in [-0.15, -0.1) is 0 Å². The highest BCUT2D eigenvalue weighted by molar-refractivity contribution is 6.58. The molecule has 0 atom stereocenters. The lowest BCUT2D eigenvalue weighted by atomic mass is 9.81. The molecule has 2 aromatic rings. The molecule has 0 aliphatic rings. The smallest absolute Gasteiger partial charge is 0.464 e. The van der Waals surface area contributed by atoms with E-state index in [4.69, 9.17) is 14.5 Å². The Balaban J connectivity index is 2.82. The Bertz CT molecular complexity index is 517. The second-order valence-corrected chi connectivity index (χ2v) is 2.89. The largest absolute Gasteiger partial charge is 0.495 e. The number of rotatable bonds is 1. The number of hydrogen-bond acceptors (Lipinski definition) is 4. The fraction of sp³-hybridized carbons (Fsp3) is 0. The average Bonchev–Trinajstić information content (AvgIpc) is 2.18. The van der Waals surface area contributed by atoms with Crippen molar-refractivity contribution >= 4 is 23.6 Å². The van der Waals surface area contributed by atoms with Gasteiger partial charge in [-0.3, -0.25) is 4.79 Å². The van der Waals surface area contributed by atoms with Crippen LogP contribution in [0.4, 0.5) is 0 Å². The Morgan fingerprint density at radius 3 is 2.64 bits per heavy atom. The van der Waals surface area contributed by atoms with Crippen molar-refractivity contribution in [2.75, 3.05) is 0 Å². The van der Waals surface area contributed by atoms with Gasteiger partial charge in [-0.25, -0.2) is 0 Å². The minimum atomic E-state index is -1.80.